The fourth-order valence-corrected chi connectivity index (χ4v) is 4.03. The zero-order valence-electron chi connectivity index (χ0n) is 14.7. The van der Waals surface area contributed by atoms with E-state index in [1.54, 1.807) is 0 Å². The molecule has 0 heterocycles. The zero-order chi connectivity index (χ0) is 16.6. The lowest BCUT2D eigenvalue weighted by Crippen LogP contribution is -2.26. The van der Waals surface area contributed by atoms with Gasteiger partial charge in [-0.3, -0.25) is 0 Å². The van der Waals surface area contributed by atoms with Crippen molar-refractivity contribution in [1.82, 2.24) is 0 Å². The quantitative estimate of drug-likeness (QED) is 0.657. The maximum Gasteiger partial charge on any atom is 0.0947 e. The molecule has 23 heavy (non-hydrogen) atoms. The van der Waals surface area contributed by atoms with Crippen molar-refractivity contribution < 1.29 is 0 Å². The molecule has 0 fully saturated rings. The fraction of sp³-hybridized carbons (Fsp3) is 0.409. The van der Waals surface area contributed by atoms with Crippen LogP contribution in [0.1, 0.15) is 62.3 Å². The summed E-state index contributed by atoms with van der Waals surface area (Å²) in [7, 11) is 0. The topological polar surface area (TPSA) is 23.8 Å². The van der Waals surface area contributed by atoms with E-state index in [-0.39, 0.29) is 5.41 Å². The number of hydrogen-bond acceptors (Lipinski definition) is 1. The Labute approximate surface area is 140 Å². The predicted molar refractivity (Wildman–Crippen MR) is 97.8 cm³/mol. The molecule has 2 aliphatic carbocycles. The standard InChI is InChI=1S/C22H25N/c1-5-6-7-17-9-10-18-13-22(3,4)20-12-16(14-23)8-11-19(20)21(18)15(17)2/h6-7,9-10,12H,5,8,11,13H2,1-4H3/b7-6-. The Morgan fingerprint density at radius 3 is 2.74 bits per heavy atom. The third-order valence-corrected chi connectivity index (χ3v) is 5.22. The third kappa shape index (κ3) is 2.68. The number of benzene rings is 1. The summed E-state index contributed by atoms with van der Waals surface area (Å²) in [6.45, 7) is 9.04. The lowest BCUT2D eigenvalue weighted by atomic mass is 9.66. The van der Waals surface area contributed by atoms with Gasteiger partial charge >= 0.3 is 0 Å². The van der Waals surface area contributed by atoms with E-state index in [9.17, 15) is 5.26 Å². The van der Waals surface area contributed by atoms with Crippen molar-refractivity contribution in [3.63, 3.8) is 0 Å². The normalized spacial score (nSPS) is 19.2. The Balaban J connectivity index is 2.22. The highest BCUT2D eigenvalue weighted by molar-refractivity contribution is 5.82. The van der Waals surface area contributed by atoms with Crippen molar-refractivity contribution in [2.45, 2.75) is 53.4 Å². The van der Waals surface area contributed by atoms with Gasteiger partial charge in [0.25, 0.3) is 0 Å². The second-order valence-corrected chi connectivity index (χ2v) is 7.36. The monoisotopic (exact) mass is 303 g/mol. The van der Waals surface area contributed by atoms with Crippen LogP contribution in [0.4, 0.5) is 0 Å². The first-order valence-corrected chi connectivity index (χ1v) is 8.61. The van der Waals surface area contributed by atoms with Gasteiger partial charge in [0, 0.05) is 5.57 Å². The molecule has 0 saturated carbocycles. The maximum atomic E-state index is 9.29. The molecule has 0 radical (unpaired) electrons. The minimum Gasteiger partial charge on any atom is -0.193 e. The van der Waals surface area contributed by atoms with Crippen LogP contribution in [0.3, 0.4) is 0 Å². The second kappa shape index (κ2) is 5.85. The van der Waals surface area contributed by atoms with Gasteiger partial charge in [0.1, 0.15) is 0 Å². The molecule has 0 amide bonds. The molecule has 3 rings (SSSR count). The molecule has 0 saturated heterocycles. The van der Waals surface area contributed by atoms with E-state index in [2.05, 4.69) is 64.1 Å². The van der Waals surface area contributed by atoms with Gasteiger partial charge in [-0.2, -0.15) is 5.26 Å². The van der Waals surface area contributed by atoms with Crippen LogP contribution in [-0.4, -0.2) is 0 Å². The smallest absolute Gasteiger partial charge is 0.0947 e. The lowest BCUT2D eigenvalue weighted by molar-refractivity contribution is 0.445. The average Bonchev–Trinajstić information content (AvgIpc) is 2.53. The Morgan fingerprint density at radius 1 is 1.26 bits per heavy atom. The van der Waals surface area contributed by atoms with Crippen molar-refractivity contribution in [2.75, 3.05) is 0 Å². The Bertz CT molecular complexity index is 779. The SMILES string of the molecule is CC/C=C\c1ccc2c(c1C)C1=C(C=C(C#N)CC1)C(C)(C)C2. The molecule has 0 aliphatic heterocycles. The first kappa shape index (κ1) is 15.8. The van der Waals surface area contributed by atoms with Crippen LogP contribution in [0.5, 0.6) is 0 Å². The van der Waals surface area contributed by atoms with Gasteiger partial charge in [0.2, 0.25) is 0 Å². The minimum atomic E-state index is 0.109. The lowest BCUT2D eigenvalue weighted by Gasteiger charge is -2.38. The number of rotatable bonds is 2. The summed E-state index contributed by atoms with van der Waals surface area (Å²) in [5, 5.41) is 9.29. The molecule has 0 spiro atoms. The van der Waals surface area contributed by atoms with Gasteiger partial charge in [-0.25, -0.2) is 0 Å². The summed E-state index contributed by atoms with van der Waals surface area (Å²) in [5.74, 6) is 0. The first-order valence-electron chi connectivity index (χ1n) is 8.61. The predicted octanol–water partition coefficient (Wildman–Crippen LogP) is 6.00. The van der Waals surface area contributed by atoms with E-state index in [1.165, 1.54) is 33.4 Å². The van der Waals surface area contributed by atoms with E-state index in [0.29, 0.717) is 0 Å². The maximum absolute atomic E-state index is 9.29. The van der Waals surface area contributed by atoms with Crippen LogP contribution in [0, 0.1) is 23.7 Å². The number of allylic oxidation sites excluding steroid dienone is 5. The molecule has 0 atom stereocenters. The Morgan fingerprint density at radius 2 is 2.04 bits per heavy atom. The highest BCUT2D eigenvalue weighted by atomic mass is 14.4. The van der Waals surface area contributed by atoms with Crippen LogP contribution in [0.25, 0.3) is 11.6 Å². The van der Waals surface area contributed by atoms with Crippen LogP contribution in [0.15, 0.2) is 35.4 Å². The molecule has 0 aromatic heterocycles. The largest absolute Gasteiger partial charge is 0.193 e. The highest BCUT2D eigenvalue weighted by Gasteiger charge is 2.34. The van der Waals surface area contributed by atoms with E-state index in [0.717, 1.165) is 31.3 Å². The van der Waals surface area contributed by atoms with Crippen molar-refractivity contribution in [1.29, 1.82) is 5.26 Å². The van der Waals surface area contributed by atoms with Crippen molar-refractivity contribution >= 4 is 11.6 Å². The van der Waals surface area contributed by atoms with Crippen LogP contribution in [-0.2, 0) is 6.42 Å². The van der Waals surface area contributed by atoms with Gasteiger partial charge in [-0.05, 0) is 77.5 Å². The number of hydrogen-bond donors (Lipinski definition) is 0. The van der Waals surface area contributed by atoms with Crippen LogP contribution >= 0.6 is 0 Å². The van der Waals surface area contributed by atoms with Crippen LogP contribution in [0.2, 0.25) is 0 Å². The third-order valence-electron chi connectivity index (χ3n) is 5.22. The Kier molecular flexibility index (Phi) is 4.02. The van der Waals surface area contributed by atoms with E-state index in [4.69, 9.17) is 0 Å². The fourth-order valence-electron chi connectivity index (χ4n) is 4.03. The molecule has 1 nitrogen and oxygen atoms in total. The van der Waals surface area contributed by atoms with Gasteiger partial charge < -0.3 is 0 Å². The number of nitriles is 1. The number of nitrogens with zero attached hydrogens (tertiary/aromatic N) is 1. The van der Waals surface area contributed by atoms with Gasteiger partial charge in [0.15, 0.2) is 0 Å². The average molecular weight is 303 g/mol. The molecular formula is C22H25N. The summed E-state index contributed by atoms with van der Waals surface area (Å²) in [6, 6.07) is 6.95. The van der Waals surface area contributed by atoms with Crippen molar-refractivity contribution in [3.8, 4) is 6.07 Å². The van der Waals surface area contributed by atoms with Gasteiger partial charge in [-0.15, -0.1) is 0 Å². The molecular weight excluding hydrogens is 278 g/mol. The summed E-state index contributed by atoms with van der Waals surface area (Å²) in [6.07, 6.45) is 10.6. The van der Waals surface area contributed by atoms with Gasteiger partial charge in [-0.1, -0.05) is 45.1 Å². The molecule has 0 bridgehead atoms. The van der Waals surface area contributed by atoms with Crippen molar-refractivity contribution in [3.05, 3.63) is 57.7 Å². The minimum absolute atomic E-state index is 0.109. The molecule has 0 N–H and O–H groups in total. The summed E-state index contributed by atoms with van der Waals surface area (Å²) in [5.41, 5.74) is 9.53. The van der Waals surface area contributed by atoms with Crippen LogP contribution < -0.4 is 0 Å². The van der Waals surface area contributed by atoms with Crippen molar-refractivity contribution in [2.24, 2.45) is 5.41 Å². The second-order valence-electron chi connectivity index (χ2n) is 7.36. The summed E-state index contributed by atoms with van der Waals surface area (Å²) >= 11 is 0. The first-order chi connectivity index (χ1) is 11.0. The molecule has 118 valence electrons. The summed E-state index contributed by atoms with van der Waals surface area (Å²) in [4.78, 5) is 0. The number of fused-ring (bicyclic) bond motifs is 2. The van der Waals surface area contributed by atoms with E-state index < -0.39 is 0 Å². The molecule has 2 aliphatic rings. The molecule has 1 aromatic rings. The van der Waals surface area contributed by atoms with Gasteiger partial charge in [0.05, 0.1) is 6.07 Å². The van der Waals surface area contributed by atoms with E-state index in [1.807, 2.05) is 0 Å². The highest BCUT2D eigenvalue weighted by Crippen LogP contribution is 2.49. The molecule has 1 heteroatoms. The van der Waals surface area contributed by atoms with E-state index >= 15 is 0 Å². The zero-order valence-corrected chi connectivity index (χ0v) is 14.7. The Hall–Kier alpha value is -2.07. The summed E-state index contributed by atoms with van der Waals surface area (Å²) < 4.78 is 0. The molecule has 1 aromatic carbocycles. The molecule has 0 unspecified atom stereocenters.